The molecular formula is C16H15N3O. The highest BCUT2D eigenvalue weighted by Crippen LogP contribution is 2.17. The summed E-state index contributed by atoms with van der Waals surface area (Å²) in [6.07, 6.45) is 5.45. The van der Waals surface area contributed by atoms with Crippen LogP contribution in [0.1, 0.15) is 5.56 Å². The highest BCUT2D eigenvalue weighted by atomic mass is 16.5. The monoisotopic (exact) mass is 265 g/mol. The summed E-state index contributed by atoms with van der Waals surface area (Å²) in [4.78, 5) is 4.03. The highest BCUT2D eigenvalue weighted by molar-refractivity contribution is 5.43. The summed E-state index contributed by atoms with van der Waals surface area (Å²) in [5.74, 6) is 0.781. The summed E-state index contributed by atoms with van der Waals surface area (Å²) in [5.41, 5.74) is 8.61. The predicted octanol–water partition coefficient (Wildman–Crippen LogP) is 3.03. The molecule has 0 spiro atoms. The molecule has 3 aromatic rings. The zero-order valence-corrected chi connectivity index (χ0v) is 10.9. The van der Waals surface area contributed by atoms with Gasteiger partial charge in [-0.05, 0) is 29.8 Å². The Balaban J connectivity index is 1.67. The van der Waals surface area contributed by atoms with E-state index in [2.05, 4.69) is 4.98 Å². The van der Waals surface area contributed by atoms with Crippen molar-refractivity contribution in [2.75, 3.05) is 5.73 Å². The van der Waals surface area contributed by atoms with Gasteiger partial charge in [-0.1, -0.05) is 18.2 Å². The topological polar surface area (TPSA) is 53.1 Å². The predicted molar refractivity (Wildman–Crippen MR) is 78.8 cm³/mol. The molecule has 2 aromatic carbocycles. The van der Waals surface area contributed by atoms with Gasteiger partial charge in [0.25, 0.3) is 0 Å². The SMILES string of the molecule is Nc1cccc(OCc2ccc(-n3ccnc3)cc2)c1. The van der Waals surface area contributed by atoms with E-state index in [1.165, 1.54) is 0 Å². The lowest BCUT2D eigenvalue weighted by molar-refractivity contribution is 0.306. The Labute approximate surface area is 117 Å². The number of hydrogen-bond donors (Lipinski definition) is 1. The van der Waals surface area contributed by atoms with Gasteiger partial charge in [-0.15, -0.1) is 0 Å². The summed E-state index contributed by atoms with van der Waals surface area (Å²) < 4.78 is 7.67. The minimum absolute atomic E-state index is 0.521. The molecule has 0 unspecified atom stereocenters. The lowest BCUT2D eigenvalue weighted by Crippen LogP contribution is -1.97. The molecule has 0 amide bonds. The minimum Gasteiger partial charge on any atom is -0.489 e. The van der Waals surface area contributed by atoms with Gasteiger partial charge in [0.15, 0.2) is 0 Å². The fourth-order valence-corrected chi connectivity index (χ4v) is 1.95. The number of rotatable bonds is 4. The van der Waals surface area contributed by atoms with E-state index in [9.17, 15) is 0 Å². The maximum absolute atomic E-state index is 5.71. The average molecular weight is 265 g/mol. The first-order valence-corrected chi connectivity index (χ1v) is 6.37. The maximum Gasteiger partial charge on any atom is 0.121 e. The van der Waals surface area contributed by atoms with Crippen LogP contribution in [0.3, 0.4) is 0 Å². The molecule has 1 aromatic heterocycles. The lowest BCUT2D eigenvalue weighted by Gasteiger charge is -2.08. The van der Waals surface area contributed by atoms with Gasteiger partial charge >= 0.3 is 0 Å². The van der Waals surface area contributed by atoms with E-state index < -0.39 is 0 Å². The maximum atomic E-state index is 5.71. The fourth-order valence-electron chi connectivity index (χ4n) is 1.95. The van der Waals surface area contributed by atoms with E-state index in [1.54, 1.807) is 12.5 Å². The Morgan fingerprint density at radius 2 is 1.95 bits per heavy atom. The van der Waals surface area contributed by atoms with Gasteiger partial charge in [-0.25, -0.2) is 4.98 Å². The molecule has 4 nitrogen and oxygen atoms in total. The third-order valence-corrected chi connectivity index (χ3v) is 3.00. The first kappa shape index (κ1) is 12.3. The van der Waals surface area contributed by atoms with Crippen LogP contribution in [0.2, 0.25) is 0 Å². The van der Waals surface area contributed by atoms with Crippen LogP contribution in [-0.2, 0) is 6.61 Å². The van der Waals surface area contributed by atoms with Gasteiger partial charge in [-0.3, -0.25) is 0 Å². The second-order valence-corrected chi connectivity index (χ2v) is 4.50. The van der Waals surface area contributed by atoms with Crippen molar-refractivity contribution in [2.45, 2.75) is 6.61 Å². The van der Waals surface area contributed by atoms with Crippen LogP contribution < -0.4 is 10.5 Å². The molecule has 1 heterocycles. The Morgan fingerprint density at radius 3 is 2.65 bits per heavy atom. The number of nitrogens with two attached hydrogens (primary N) is 1. The zero-order chi connectivity index (χ0) is 13.8. The van der Waals surface area contributed by atoms with E-state index in [0.29, 0.717) is 12.3 Å². The number of nitrogen functional groups attached to an aromatic ring is 1. The van der Waals surface area contributed by atoms with Crippen molar-refractivity contribution in [1.82, 2.24) is 9.55 Å². The summed E-state index contributed by atoms with van der Waals surface area (Å²) in [6, 6.07) is 15.6. The van der Waals surface area contributed by atoms with Gasteiger partial charge in [0.2, 0.25) is 0 Å². The molecule has 2 N–H and O–H groups in total. The molecule has 100 valence electrons. The third-order valence-electron chi connectivity index (χ3n) is 3.00. The Kier molecular flexibility index (Phi) is 3.37. The first-order valence-electron chi connectivity index (χ1n) is 6.37. The van der Waals surface area contributed by atoms with Crippen LogP contribution in [0.25, 0.3) is 5.69 Å². The van der Waals surface area contributed by atoms with Crippen molar-refractivity contribution >= 4 is 5.69 Å². The molecule has 4 heteroatoms. The van der Waals surface area contributed by atoms with Crippen LogP contribution in [0.4, 0.5) is 5.69 Å². The van der Waals surface area contributed by atoms with Gasteiger partial charge in [0.05, 0.1) is 6.33 Å². The van der Waals surface area contributed by atoms with Crippen molar-refractivity contribution in [3.05, 3.63) is 72.8 Å². The Hall–Kier alpha value is -2.75. The van der Waals surface area contributed by atoms with E-state index in [4.69, 9.17) is 10.5 Å². The molecule has 0 aliphatic heterocycles. The number of benzene rings is 2. The van der Waals surface area contributed by atoms with Crippen molar-refractivity contribution in [3.63, 3.8) is 0 Å². The molecule has 3 rings (SSSR count). The quantitative estimate of drug-likeness (QED) is 0.738. The van der Waals surface area contributed by atoms with Crippen molar-refractivity contribution in [1.29, 1.82) is 0 Å². The minimum atomic E-state index is 0.521. The van der Waals surface area contributed by atoms with Gasteiger partial charge in [0.1, 0.15) is 12.4 Å². The molecule has 20 heavy (non-hydrogen) atoms. The van der Waals surface area contributed by atoms with Gasteiger partial charge in [0, 0.05) is 29.8 Å². The van der Waals surface area contributed by atoms with Gasteiger partial charge in [-0.2, -0.15) is 0 Å². The van der Waals surface area contributed by atoms with Crippen molar-refractivity contribution in [2.24, 2.45) is 0 Å². The standard InChI is InChI=1S/C16H15N3O/c17-14-2-1-3-16(10-14)20-11-13-4-6-15(7-5-13)19-9-8-18-12-19/h1-10,12H,11,17H2. The number of anilines is 1. The summed E-state index contributed by atoms with van der Waals surface area (Å²) in [5, 5.41) is 0. The average Bonchev–Trinajstić information content (AvgIpc) is 3.00. The molecule has 0 aliphatic rings. The van der Waals surface area contributed by atoms with E-state index >= 15 is 0 Å². The molecule has 0 radical (unpaired) electrons. The Morgan fingerprint density at radius 1 is 1.10 bits per heavy atom. The van der Waals surface area contributed by atoms with Crippen LogP contribution >= 0.6 is 0 Å². The molecule has 0 bridgehead atoms. The third kappa shape index (κ3) is 2.80. The lowest BCUT2D eigenvalue weighted by atomic mass is 10.2. The smallest absolute Gasteiger partial charge is 0.121 e. The number of hydrogen-bond acceptors (Lipinski definition) is 3. The van der Waals surface area contributed by atoms with E-state index in [-0.39, 0.29) is 0 Å². The van der Waals surface area contributed by atoms with E-state index in [1.807, 2.05) is 59.3 Å². The highest BCUT2D eigenvalue weighted by Gasteiger charge is 1.99. The van der Waals surface area contributed by atoms with Crippen molar-refractivity contribution in [3.8, 4) is 11.4 Å². The molecule has 0 saturated heterocycles. The number of ether oxygens (including phenoxy) is 1. The number of nitrogens with zero attached hydrogens (tertiary/aromatic N) is 2. The van der Waals surface area contributed by atoms with Gasteiger partial charge < -0.3 is 15.0 Å². The normalized spacial score (nSPS) is 10.4. The molecule has 0 atom stereocenters. The summed E-state index contributed by atoms with van der Waals surface area (Å²) >= 11 is 0. The van der Waals surface area contributed by atoms with E-state index in [0.717, 1.165) is 17.0 Å². The zero-order valence-electron chi connectivity index (χ0n) is 10.9. The van der Waals surface area contributed by atoms with Crippen LogP contribution in [-0.4, -0.2) is 9.55 Å². The molecule has 0 aliphatic carbocycles. The molecular weight excluding hydrogens is 250 g/mol. The number of imidazole rings is 1. The summed E-state index contributed by atoms with van der Waals surface area (Å²) in [7, 11) is 0. The molecule has 0 saturated carbocycles. The van der Waals surface area contributed by atoms with Crippen LogP contribution in [0.15, 0.2) is 67.3 Å². The Bertz CT molecular complexity index is 675. The second-order valence-electron chi connectivity index (χ2n) is 4.50. The van der Waals surface area contributed by atoms with Crippen molar-refractivity contribution < 1.29 is 4.74 Å². The summed E-state index contributed by atoms with van der Waals surface area (Å²) in [6.45, 7) is 0.521. The number of aromatic nitrogens is 2. The first-order chi connectivity index (χ1) is 9.81. The van der Waals surface area contributed by atoms with Crippen LogP contribution in [0.5, 0.6) is 5.75 Å². The largest absolute Gasteiger partial charge is 0.489 e. The molecule has 0 fully saturated rings. The fraction of sp³-hybridized carbons (Fsp3) is 0.0625. The second kappa shape index (κ2) is 5.48. The van der Waals surface area contributed by atoms with Crippen LogP contribution in [0, 0.1) is 0 Å².